The molecule has 6 heteroatoms. The Hall–Kier alpha value is -2.56. The molecule has 1 aliphatic rings. The van der Waals surface area contributed by atoms with Crippen LogP contribution in [0.25, 0.3) is 22.6 Å². The van der Waals surface area contributed by atoms with Gasteiger partial charge in [0.2, 0.25) is 0 Å². The first-order chi connectivity index (χ1) is 12.4. The Balaban J connectivity index is 1.86. The summed E-state index contributed by atoms with van der Waals surface area (Å²) in [5.74, 6) is -0.524. The molecule has 0 fully saturated rings. The van der Waals surface area contributed by atoms with E-state index in [-0.39, 0.29) is 11.0 Å². The van der Waals surface area contributed by atoms with Crippen LogP contribution in [0.4, 0.5) is 0 Å². The zero-order valence-electron chi connectivity index (χ0n) is 13.4. The lowest BCUT2D eigenvalue weighted by atomic mass is 10.1. The topological polar surface area (TPSA) is 67.5 Å². The maximum absolute atomic E-state index is 12.8. The van der Waals surface area contributed by atoms with E-state index < -0.39 is 5.97 Å². The van der Waals surface area contributed by atoms with E-state index in [2.05, 4.69) is 0 Å². The summed E-state index contributed by atoms with van der Waals surface area (Å²) in [6.45, 7) is 0. The van der Waals surface area contributed by atoms with Crippen LogP contribution in [0.2, 0.25) is 10.0 Å². The highest BCUT2D eigenvalue weighted by atomic mass is 35.5. The van der Waals surface area contributed by atoms with E-state index in [1.807, 2.05) is 12.1 Å². The predicted molar refractivity (Wildman–Crippen MR) is 102 cm³/mol. The molecule has 1 aromatic heterocycles. The first kappa shape index (κ1) is 16.9. The molecule has 0 spiro atoms. The van der Waals surface area contributed by atoms with Gasteiger partial charge < -0.3 is 9.52 Å². The molecule has 26 heavy (non-hydrogen) atoms. The second kappa shape index (κ2) is 6.31. The fourth-order valence-electron chi connectivity index (χ4n) is 3.17. The first-order valence-corrected chi connectivity index (χ1v) is 8.68. The predicted octanol–water partition coefficient (Wildman–Crippen LogP) is 5.28. The highest BCUT2D eigenvalue weighted by molar-refractivity contribution is 6.42. The molecule has 0 unspecified atom stereocenters. The van der Waals surface area contributed by atoms with E-state index in [4.69, 9.17) is 32.7 Å². The largest absolute Gasteiger partial charge is 0.478 e. The quantitative estimate of drug-likeness (QED) is 0.649. The number of hydrogen-bond acceptors (Lipinski definition) is 3. The van der Waals surface area contributed by atoms with Gasteiger partial charge in [-0.2, -0.15) is 0 Å². The molecule has 1 N–H and O–H groups in total. The molecule has 2 aromatic carbocycles. The van der Waals surface area contributed by atoms with Gasteiger partial charge in [0.25, 0.3) is 0 Å². The number of halogens is 2. The molecular weight excluding hydrogens is 375 g/mol. The van der Waals surface area contributed by atoms with Gasteiger partial charge in [0.15, 0.2) is 5.43 Å². The number of rotatable bonds is 2. The fraction of sp³-hybridized carbons (Fsp3) is 0.100. The minimum Gasteiger partial charge on any atom is -0.478 e. The standard InChI is InChI=1S/C20H12Cl2O4/c21-15-5-1-10(8-16(15)22)7-11-2-4-13-18(23)14-9-12(20(24)25)3-6-17(14)26-19(11)13/h1,3,5-9H,2,4H2,(H,24,25)/b11-7+. The van der Waals surface area contributed by atoms with Crippen LogP contribution in [0, 0.1) is 0 Å². The number of fused-ring (bicyclic) bond motifs is 2. The van der Waals surface area contributed by atoms with Crippen molar-refractivity contribution in [3.8, 4) is 0 Å². The molecule has 130 valence electrons. The molecule has 0 bridgehead atoms. The molecule has 0 atom stereocenters. The van der Waals surface area contributed by atoms with Crippen LogP contribution >= 0.6 is 23.2 Å². The molecule has 0 aliphatic heterocycles. The SMILES string of the molecule is O=C(O)c1ccc2oc3c(c(=O)c2c1)CC/C3=C\c1ccc(Cl)c(Cl)c1. The molecule has 4 rings (SSSR count). The second-order valence-electron chi connectivity index (χ2n) is 6.10. The van der Waals surface area contributed by atoms with Crippen LogP contribution in [0.15, 0.2) is 45.6 Å². The van der Waals surface area contributed by atoms with E-state index in [0.29, 0.717) is 45.2 Å². The van der Waals surface area contributed by atoms with Crippen LogP contribution < -0.4 is 5.43 Å². The van der Waals surface area contributed by atoms with Crippen LogP contribution in [-0.2, 0) is 6.42 Å². The molecule has 1 aliphatic carbocycles. The van der Waals surface area contributed by atoms with Crippen molar-refractivity contribution >= 4 is 51.8 Å². The number of carboxylic acids is 1. The van der Waals surface area contributed by atoms with Gasteiger partial charge in [-0.1, -0.05) is 29.3 Å². The van der Waals surface area contributed by atoms with Crippen molar-refractivity contribution in [2.24, 2.45) is 0 Å². The zero-order valence-corrected chi connectivity index (χ0v) is 14.9. The highest BCUT2D eigenvalue weighted by Gasteiger charge is 2.24. The number of hydrogen-bond donors (Lipinski definition) is 1. The molecule has 0 amide bonds. The van der Waals surface area contributed by atoms with Gasteiger partial charge in [-0.3, -0.25) is 4.79 Å². The third kappa shape index (κ3) is 2.81. The maximum atomic E-state index is 12.8. The third-order valence-corrected chi connectivity index (χ3v) is 5.19. The normalized spacial score (nSPS) is 14.8. The Morgan fingerprint density at radius 2 is 1.88 bits per heavy atom. The van der Waals surface area contributed by atoms with Crippen molar-refractivity contribution < 1.29 is 14.3 Å². The van der Waals surface area contributed by atoms with Gasteiger partial charge in [0.05, 0.1) is 21.0 Å². The van der Waals surface area contributed by atoms with Crippen LogP contribution in [0.5, 0.6) is 0 Å². The summed E-state index contributed by atoms with van der Waals surface area (Å²) in [5.41, 5.74) is 2.61. The van der Waals surface area contributed by atoms with Gasteiger partial charge in [0, 0.05) is 5.56 Å². The molecule has 3 aromatic rings. The average molecular weight is 387 g/mol. The number of allylic oxidation sites excluding steroid dienone is 1. The molecule has 0 saturated heterocycles. The summed E-state index contributed by atoms with van der Waals surface area (Å²) < 4.78 is 5.94. The first-order valence-electron chi connectivity index (χ1n) is 7.93. The van der Waals surface area contributed by atoms with E-state index in [1.54, 1.807) is 12.1 Å². The summed E-state index contributed by atoms with van der Waals surface area (Å²) in [5, 5.41) is 10.3. The van der Waals surface area contributed by atoms with Crippen LogP contribution in [0.1, 0.15) is 33.7 Å². The summed E-state index contributed by atoms with van der Waals surface area (Å²) >= 11 is 12.0. The molecule has 0 saturated carbocycles. The van der Waals surface area contributed by atoms with Crippen molar-refractivity contribution in [2.45, 2.75) is 12.8 Å². The van der Waals surface area contributed by atoms with Gasteiger partial charge in [-0.05, 0) is 60.4 Å². The zero-order chi connectivity index (χ0) is 18.4. The molecule has 0 radical (unpaired) electrons. The van der Waals surface area contributed by atoms with Crippen molar-refractivity contribution in [1.82, 2.24) is 0 Å². The summed E-state index contributed by atoms with van der Waals surface area (Å²) in [6, 6.07) is 9.64. The lowest BCUT2D eigenvalue weighted by molar-refractivity contribution is 0.0697. The average Bonchev–Trinajstić information content (AvgIpc) is 3.01. The Kier molecular flexibility index (Phi) is 4.10. The number of benzene rings is 2. The van der Waals surface area contributed by atoms with Gasteiger partial charge in [-0.15, -0.1) is 0 Å². The van der Waals surface area contributed by atoms with Gasteiger partial charge in [0.1, 0.15) is 11.3 Å². The Morgan fingerprint density at radius 3 is 2.62 bits per heavy atom. The van der Waals surface area contributed by atoms with E-state index in [0.717, 1.165) is 11.1 Å². The lowest BCUT2D eigenvalue weighted by Gasteiger charge is -2.05. The third-order valence-electron chi connectivity index (χ3n) is 4.45. The van der Waals surface area contributed by atoms with Crippen LogP contribution in [0.3, 0.4) is 0 Å². The summed E-state index contributed by atoms with van der Waals surface area (Å²) in [7, 11) is 0. The van der Waals surface area contributed by atoms with Gasteiger partial charge >= 0.3 is 5.97 Å². The van der Waals surface area contributed by atoms with E-state index >= 15 is 0 Å². The van der Waals surface area contributed by atoms with E-state index in [1.165, 1.54) is 18.2 Å². The lowest BCUT2D eigenvalue weighted by Crippen LogP contribution is -2.09. The fourth-order valence-corrected chi connectivity index (χ4v) is 3.47. The molecule has 1 heterocycles. The van der Waals surface area contributed by atoms with Crippen molar-refractivity contribution in [3.05, 3.63) is 79.1 Å². The van der Waals surface area contributed by atoms with Crippen molar-refractivity contribution in [2.75, 3.05) is 0 Å². The number of carboxylic acid groups (broad SMARTS) is 1. The van der Waals surface area contributed by atoms with Crippen LogP contribution in [-0.4, -0.2) is 11.1 Å². The Bertz CT molecular complexity index is 1160. The number of aromatic carboxylic acids is 1. The monoisotopic (exact) mass is 386 g/mol. The molecule has 4 nitrogen and oxygen atoms in total. The minimum absolute atomic E-state index is 0.0642. The van der Waals surface area contributed by atoms with E-state index in [9.17, 15) is 9.59 Å². The smallest absolute Gasteiger partial charge is 0.335 e. The minimum atomic E-state index is -1.08. The highest BCUT2D eigenvalue weighted by Crippen LogP contribution is 2.35. The second-order valence-corrected chi connectivity index (χ2v) is 6.91. The van der Waals surface area contributed by atoms with Crippen molar-refractivity contribution in [1.29, 1.82) is 0 Å². The number of carbonyl (C=O) groups is 1. The van der Waals surface area contributed by atoms with Gasteiger partial charge in [-0.25, -0.2) is 4.79 Å². The van der Waals surface area contributed by atoms with Crippen molar-refractivity contribution in [3.63, 3.8) is 0 Å². The Labute approximate surface area is 158 Å². The summed E-state index contributed by atoms with van der Waals surface area (Å²) in [6.07, 6.45) is 3.14. The molecular formula is C20H12Cl2O4. The Morgan fingerprint density at radius 1 is 1.08 bits per heavy atom. The maximum Gasteiger partial charge on any atom is 0.335 e. The summed E-state index contributed by atoms with van der Waals surface area (Å²) in [4.78, 5) is 23.9.